The number of hydrogen-bond donors (Lipinski definition) is 2. The van der Waals surface area contributed by atoms with Gasteiger partial charge in [0.2, 0.25) is 5.91 Å². The lowest BCUT2D eigenvalue weighted by Crippen LogP contribution is -2.47. The second-order valence-corrected chi connectivity index (χ2v) is 5.68. The molecular weight excluding hydrogens is 300 g/mol. The highest BCUT2D eigenvalue weighted by Crippen LogP contribution is 2.10. The second-order valence-electron chi connectivity index (χ2n) is 4.70. The van der Waals surface area contributed by atoms with E-state index >= 15 is 0 Å². The first-order valence-corrected chi connectivity index (χ1v) is 8.42. The SMILES string of the molecule is CSCC[C@@H](C(=O)O)N(CC=Cc1ccccc1)C(=O)CN. The van der Waals surface area contributed by atoms with Gasteiger partial charge in [-0.3, -0.25) is 4.79 Å². The van der Waals surface area contributed by atoms with Crippen LogP contribution in [0.25, 0.3) is 6.08 Å². The van der Waals surface area contributed by atoms with Gasteiger partial charge in [0.15, 0.2) is 0 Å². The zero-order valence-corrected chi connectivity index (χ0v) is 13.5. The predicted molar refractivity (Wildman–Crippen MR) is 90.7 cm³/mol. The quantitative estimate of drug-likeness (QED) is 0.723. The Bertz CT molecular complexity index is 505. The first kappa shape index (κ1) is 18.3. The van der Waals surface area contributed by atoms with E-state index in [0.29, 0.717) is 12.2 Å². The molecule has 1 amide bonds. The monoisotopic (exact) mass is 322 g/mol. The van der Waals surface area contributed by atoms with E-state index in [2.05, 4.69) is 0 Å². The number of aliphatic carboxylic acids is 1. The Morgan fingerprint density at radius 2 is 2.05 bits per heavy atom. The maximum absolute atomic E-state index is 12.0. The molecule has 0 aromatic heterocycles. The molecule has 1 aromatic rings. The number of thioether (sulfide) groups is 1. The Kier molecular flexibility index (Phi) is 8.32. The van der Waals surface area contributed by atoms with Crippen LogP contribution in [-0.2, 0) is 9.59 Å². The summed E-state index contributed by atoms with van der Waals surface area (Å²) in [4.78, 5) is 24.7. The minimum absolute atomic E-state index is 0.192. The largest absolute Gasteiger partial charge is 0.480 e. The molecule has 5 nitrogen and oxygen atoms in total. The molecule has 3 N–H and O–H groups in total. The van der Waals surface area contributed by atoms with Crippen LogP contribution < -0.4 is 5.73 Å². The normalized spacial score (nSPS) is 12.3. The molecule has 0 radical (unpaired) electrons. The molecule has 1 aromatic carbocycles. The van der Waals surface area contributed by atoms with E-state index in [1.54, 1.807) is 17.8 Å². The molecule has 0 saturated heterocycles. The fraction of sp³-hybridized carbons (Fsp3) is 0.375. The van der Waals surface area contributed by atoms with Gasteiger partial charge in [-0.2, -0.15) is 11.8 Å². The van der Waals surface area contributed by atoms with Crippen molar-refractivity contribution in [1.82, 2.24) is 4.90 Å². The number of carboxylic acid groups (broad SMARTS) is 1. The summed E-state index contributed by atoms with van der Waals surface area (Å²) in [5.74, 6) is -0.677. The number of rotatable bonds is 9. The van der Waals surface area contributed by atoms with Crippen molar-refractivity contribution in [2.75, 3.05) is 25.1 Å². The summed E-state index contributed by atoms with van der Waals surface area (Å²) in [6.45, 7) is 0.0402. The average molecular weight is 322 g/mol. The molecule has 0 heterocycles. The van der Waals surface area contributed by atoms with Crippen LogP contribution in [0.5, 0.6) is 0 Å². The molecule has 1 rings (SSSR count). The van der Waals surface area contributed by atoms with Gasteiger partial charge in [-0.25, -0.2) is 4.79 Å². The molecule has 0 saturated carbocycles. The summed E-state index contributed by atoms with van der Waals surface area (Å²) >= 11 is 1.55. The maximum Gasteiger partial charge on any atom is 0.326 e. The van der Waals surface area contributed by atoms with Crippen LogP contribution in [0, 0.1) is 0 Å². The minimum Gasteiger partial charge on any atom is -0.480 e. The van der Waals surface area contributed by atoms with Gasteiger partial charge >= 0.3 is 5.97 Å². The number of nitrogens with zero attached hydrogens (tertiary/aromatic N) is 1. The van der Waals surface area contributed by atoms with Gasteiger partial charge in [-0.15, -0.1) is 0 Å². The van der Waals surface area contributed by atoms with Crippen molar-refractivity contribution in [3.05, 3.63) is 42.0 Å². The van der Waals surface area contributed by atoms with Crippen LogP contribution >= 0.6 is 11.8 Å². The minimum atomic E-state index is -0.996. The Balaban J connectivity index is 2.80. The van der Waals surface area contributed by atoms with Crippen LogP contribution in [0.2, 0.25) is 0 Å². The molecule has 1 atom stereocenters. The highest BCUT2D eigenvalue weighted by atomic mass is 32.2. The molecule has 120 valence electrons. The standard InChI is InChI=1S/C16H22N2O3S/c1-22-11-9-14(16(20)21)18(15(19)12-17)10-5-8-13-6-3-2-4-7-13/h2-8,14H,9-12,17H2,1H3,(H,20,21)/t14-/m0/s1. The third-order valence-corrected chi connectivity index (χ3v) is 3.81. The van der Waals surface area contributed by atoms with Crippen molar-refractivity contribution in [3.8, 4) is 0 Å². The zero-order chi connectivity index (χ0) is 16.4. The molecule has 0 fully saturated rings. The number of hydrogen-bond acceptors (Lipinski definition) is 4. The fourth-order valence-electron chi connectivity index (χ4n) is 2.03. The van der Waals surface area contributed by atoms with Crippen molar-refractivity contribution in [3.63, 3.8) is 0 Å². The van der Waals surface area contributed by atoms with Gasteiger partial charge in [0, 0.05) is 6.54 Å². The fourth-order valence-corrected chi connectivity index (χ4v) is 2.49. The molecule has 0 unspecified atom stereocenters. The van der Waals surface area contributed by atoms with Crippen molar-refractivity contribution >= 4 is 29.7 Å². The van der Waals surface area contributed by atoms with Crippen molar-refractivity contribution in [1.29, 1.82) is 0 Å². The molecular formula is C16H22N2O3S. The van der Waals surface area contributed by atoms with E-state index in [9.17, 15) is 14.7 Å². The number of benzene rings is 1. The number of nitrogens with two attached hydrogens (primary N) is 1. The van der Waals surface area contributed by atoms with Crippen molar-refractivity contribution < 1.29 is 14.7 Å². The predicted octanol–water partition coefficient (Wildman–Crippen LogP) is 1.69. The molecule has 6 heteroatoms. The van der Waals surface area contributed by atoms with Gasteiger partial charge < -0.3 is 15.7 Å². The second kappa shape index (κ2) is 10.0. The van der Waals surface area contributed by atoms with Gasteiger partial charge in [0.05, 0.1) is 6.54 Å². The van der Waals surface area contributed by atoms with Gasteiger partial charge in [-0.1, -0.05) is 42.5 Å². The molecule has 0 spiro atoms. The summed E-state index contributed by atoms with van der Waals surface area (Å²) in [7, 11) is 0. The van der Waals surface area contributed by atoms with E-state index in [0.717, 1.165) is 5.56 Å². The zero-order valence-electron chi connectivity index (χ0n) is 12.6. The third kappa shape index (κ3) is 5.91. The van der Waals surface area contributed by atoms with Gasteiger partial charge in [0.1, 0.15) is 6.04 Å². The highest BCUT2D eigenvalue weighted by molar-refractivity contribution is 7.98. The number of amides is 1. The van der Waals surface area contributed by atoms with Gasteiger partial charge in [-0.05, 0) is 24.0 Å². The Morgan fingerprint density at radius 3 is 2.59 bits per heavy atom. The van der Waals surface area contributed by atoms with Crippen LogP contribution in [0.4, 0.5) is 0 Å². The van der Waals surface area contributed by atoms with Crippen LogP contribution in [-0.4, -0.2) is 53.0 Å². The average Bonchev–Trinajstić information content (AvgIpc) is 2.53. The summed E-state index contributed by atoms with van der Waals surface area (Å²) < 4.78 is 0. The Labute approximate surface area is 135 Å². The van der Waals surface area contributed by atoms with Crippen LogP contribution in [0.3, 0.4) is 0 Å². The van der Waals surface area contributed by atoms with E-state index in [1.165, 1.54) is 4.90 Å². The Hall–Kier alpha value is -1.79. The summed E-state index contributed by atoms with van der Waals surface area (Å²) in [6, 6.07) is 8.79. The molecule has 0 bridgehead atoms. The lowest BCUT2D eigenvalue weighted by atomic mass is 10.1. The molecule has 0 aliphatic rings. The smallest absolute Gasteiger partial charge is 0.326 e. The summed E-state index contributed by atoms with van der Waals surface area (Å²) in [5.41, 5.74) is 6.41. The maximum atomic E-state index is 12.0. The topological polar surface area (TPSA) is 83.6 Å². The van der Waals surface area contributed by atoms with E-state index in [-0.39, 0.29) is 19.0 Å². The third-order valence-electron chi connectivity index (χ3n) is 3.16. The van der Waals surface area contributed by atoms with Gasteiger partial charge in [0.25, 0.3) is 0 Å². The lowest BCUT2D eigenvalue weighted by molar-refractivity contribution is -0.149. The van der Waals surface area contributed by atoms with Crippen molar-refractivity contribution in [2.24, 2.45) is 5.73 Å². The highest BCUT2D eigenvalue weighted by Gasteiger charge is 2.27. The van der Waals surface area contributed by atoms with Crippen molar-refractivity contribution in [2.45, 2.75) is 12.5 Å². The van der Waals surface area contributed by atoms with E-state index in [4.69, 9.17) is 5.73 Å². The number of carbonyl (C=O) groups is 2. The van der Waals surface area contributed by atoms with Crippen LogP contribution in [0.1, 0.15) is 12.0 Å². The first-order chi connectivity index (χ1) is 10.6. The summed E-state index contributed by atoms with van der Waals surface area (Å²) in [5, 5.41) is 9.36. The van der Waals surface area contributed by atoms with E-state index in [1.807, 2.05) is 42.7 Å². The number of carboxylic acids is 1. The Morgan fingerprint density at radius 1 is 1.36 bits per heavy atom. The molecule has 0 aliphatic heterocycles. The molecule has 0 aliphatic carbocycles. The molecule has 22 heavy (non-hydrogen) atoms. The summed E-state index contributed by atoms with van der Waals surface area (Å²) in [6.07, 6.45) is 5.97. The number of carbonyl (C=O) groups excluding carboxylic acids is 1. The van der Waals surface area contributed by atoms with E-state index < -0.39 is 12.0 Å². The lowest BCUT2D eigenvalue weighted by Gasteiger charge is -2.27. The van der Waals surface area contributed by atoms with Crippen LogP contribution in [0.15, 0.2) is 36.4 Å². The first-order valence-electron chi connectivity index (χ1n) is 7.03.